The van der Waals surface area contributed by atoms with Crippen molar-refractivity contribution in [3.63, 3.8) is 0 Å². The van der Waals surface area contributed by atoms with Crippen molar-refractivity contribution in [3.8, 4) is 17.5 Å². The molecule has 0 atom stereocenters. The molecule has 0 aliphatic heterocycles. The van der Waals surface area contributed by atoms with E-state index in [2.05, 4.69) is 10.2 Å². The maximum atomic E-state index is 8.51. The molecule has 0 aliphatic carbocycles. The van der Waals surface area contributed by atoms with Crippen LogP contribution in [0, 0.1) is 11.3 Å². The van der Waals surface area contributed by atoms with Gasteiger partial charge in [-0.25, -0.2) is 0 Å². The maximum absolute atomic E-state index is 8.51. The molecule has 0 saturated carbocycles. The van der Waals surface area contributed by atoms with E-state index in [1.807, 2.05) is 0 Å². The minimum atomic E-state index is -0.0962. The molecule has 6 heteroatoms. The number of nitrogens with zero attached hydrogens (tertiary/aromatic N) is 3. The molecule has 74 valence electrons. The average molecular weight is 240 g/mol. The average Bonchev–Trinajstić information content (AvgIpc) is 2.64. The smallest absolute Gasteiger partial charge is 0.321 e. The molecule has 0 bridgehead atoms. The lowest BCUT2D eigenvalue weighted by molar-refractivity contribution is 0.553. The molecule has 15 heavy (non-hydrogen) atoms. The second-order valence-electron chi connectivity index (χ2n) is 2.68. The van der Waals surface area contributed by atoms with Gasteiger partial charge in [0, 0.05) is 15.6 Å². The van der Waals surface area contributed by atoms with Crippen molar-refractivity contribution in [1.29, 1.82) is 5.26 Å². The molecule has 2 aromatic rings. The Bertz CT molecular complexity index is 524. The first-order valence-corrected chi connectivity index (χ1v) is 4.65. The van der Waals surface area contributed by atoms with Crippen LogP contribution in [-0.4, -0.2) is 10.2 Å². The summed E-state index contributed by atoms with van der Waals surface area (Å²) in [5, 5.41) is 16.6. The third-order valence-electron chi connectivity index (χ3n) is 1.63. The standard InChI is InChI=1S/C9H3Cl2N3O/c10-6-1-5(2-7(11)3-6)9-14-13-8(4-12)15-9/h1-3H. The van der Waals surface area contributed by atoms with Gasteiger partial charge >= 0.3 is 5.89 Å². The Morgan fingerprint density at radius 1 is 1.13 bits per heavy atom. The maximum Gasteiger partial charge on any atom is 0.321 e. The molecule has 0 aliphatic rings. The molecule has 0 N–H and O–H groups in total. The highest BCUT2D eigenvalue weighted by Gasteiger charge is 2.09. The van der Waals surface area contributed by atoms with Crippen LogP contribution < -0.4 is 0 Å². The van der Waals surface area contributed by atoms with Crippen LogP contribution in [-0.2, 0) is 0 Å². The van der Waals surface area contributed by atoms with Gasteiger partial charge in [-0.2, -0.15) is 5.26 Å². The summed E-state index contributed by atoms with van der Waals surface area (Å²) in [5.74, 6) is 0.122. The van der Waals surface area contributed by atoms with Crippen LogP contribution >= 0.6 is 23.2 Å². The number of hydrogen-bond donors (Lipinski definition) is 0. The summed E-state index contributed by atoms with van der Waals surface area (Å²) < 4.78 is 5.03. The van der Waals surface area contributed by atoms with E-state index in [-0.39, 0.29) is 11.8 Å². The molecule has 0 amide bonds. The summed E-state index contributed by atoms with van der Waals surface area (Å²) in [5.41, 5.74) is 0.585. The molecule has 1 aromatic carbocycles. The van der Waals surface area contributed by atoms with E-state index in [0.29, 0.717) is 15.6 Å². The van der Waals surface area contributed by atoms with Crippen LogP contribution in [0.15, 0.2) is 22.6 Å². The fourth-order valence-electron chi connectivity index (χ4n) is 1.06. The lowest BCUT2D eigenvalue weighted by atomic mass is 10.2. The Hall–Kier alpha value is -1.57. The third-order valence-corrected chi connectivity index (χ3v) is 2.07. The molecule has 0 saturated heterocycles. The Labute approximate surface area is 95.1 Å². The molecular formula is C9H3Cl2N3O. The lowest BCUT2D eigenvalue weighted by Crippen LogP contribution is -1.78. The van der Waals surface area contributed by atoms with Gasteiger partial charge < -0.3 is 4.42 Å². The molecule has 1 aromatic heterocycles. The summed E-state index contributed by atoms with van der Waals surface area (Å²) >= 11 is 11.6. The monoisotopic (exact) mass is 239 g/mol. The molecule has 4 nitrogen and oxygen atoms in total. The van der Waals surface area contributed by atoms with Crippen molar-refractivity contribution in [3.05, 3.63) is 34.1 Å². The topological polar surface area (TPSA) is 62.7 Å². The van der Waals surface area contributed by atoms with Crippen molar-refractivity contribution < 1.29 is 4.42 Å². The van der Waals surface area contributed by atoms with Crippen molar-refractivity contribution in [1.82, 2.24) is 10.2 Å². The first-order chi connectivity index (χ1) is 7.19. The molecule has 2 rings (SSSR count). The van der Waals surface area contributed by atoms with E-state index in [9.17, 15) is 0 Å². The Morgan fingerprint density at radius 2 is 1.80 bits per heavy atom. The molecule has 0 spiro atoms. The number of hydrogen-bond acceptors (Lipinski definition) is 4. The van der Waals surface area contributed by atoms with Crippen molar-refractivity contribution in [2.45, 2.75) is 0 Å². The highest BCUT2D eigenvalue weighted by atomic mass is 35.5. The van der Waals surface area contributed by atoms with Gasteiger partial charge in [-0.1, -0.05) is 28.3 Å². The van der Waals surface area contributed by atoms with Crippen molar-refractivity contribution in [2.24, 2.45) is 0 Å². The predicted octanol–water partition coefficient (Wildman–Crippen LogP) is 2.92. The van der Waals surface area contributed by atoms with E-state index >= 15 is 0 Å². The quantitative estimate of drug-likeness (QED) is 0.768. The van der Waals surface area contributed by atoms with E-state index in [4.69, 9.17) is 32.9 Å². The van der Waals surface area contributed by atoms with Gasteiger partial charge in [0.2, 0.25) is 5.89 Å². The van der Waals surface area contributed by atoms with Gasteiger partial charge in [0.05, 0.1) is 0 Å². The van der Waals surface area contributed by atoms with Gasteiger partial charge in [0.1, 0.15) is 0 Å². The van der Waals surface area contributed by atoms with E-state index < -0.39 is 0 Å². The SMILES string of the molecule is N#Cc1nnc(-c2cc(Cl)cc(Cl)c2)o1. The number of nitriles is 1. The Morgan fingerprint density at radius 3 is 2.33 bits per heavy atom. The molecular weight excluding hydrogens is 237 g/mol. The second kappa shape index (κ2) is 3.89. The Kier molecular flexibility index (Phi) is 2.58. The lowest BCUT2D eigenvalue weighted by Gasteiger charge is -1.96. The summed E-state index contributed by atoms with van der Waals surface area (Å²) in [6.45, 7) is 0. The van der Waals surface area contributed by atoms with Gasteiger partial charge in [0.15, 0.2) is 6.07 Å². The van der Waals surface area contributed by atoms with Crippen LogP contribution in [0.2, 0.25) is 10.0 Å². The van der Waals surface area contributed by atoms with E-state index in [1.165, 1.54) is 0 Å². The van der Waals surface area contributed by atoms with Crippen LogP contribution in [0.5, 0.6) is 0 Å². The zero-order valence-corrected chi connectivity index (χ0v) is 8.75. The van der Waals surface area contributed by atoms with Crippen LogP contribution in [0.4, 0.5) is 0 Å². The van der Waals surface area contributed by atoms with Gasteiger partial charge in [0.25, 0.3) is 0 Å². The zero-order chi connectivity index (χ0) is 10.8. The normalized spacial score (nSPS) is 9.93. The summed E-state index contributed by atoms with van der Waals surface area (Å²) in [6, 6.07) is 6.59. The number of benzene rings is 1. The Balaban J connectivity index is 2.50. The fourth-order valence-corrected chi connectivity index (χ4v) is 1.59. The number of halogens is 2. The number of aromatic nitrogens is 2. The van der Waals surface area contributed by atoms with Crippen molar-refractivity contribution in [2.75, 3.05) is 0 Å². The highest BCUT2D eigenvalue weighted by molar-refractivity contribution is 6.35. The second-order valence-corrected chi connectivity index (χ2v) is 3.56. The van der Waals surface area contributed by atoms with E-state index in [1.54, 1.807) is 24.3 Å². The first kappa shape index (κ1) is 9.97. The highest BCUT2D eigenvalue weighted by Crippen LogP contribution is 2.26. The van der Waals surface area contributed by atoms with Gasteiger partial charge in [-0.3, -0.25) is 0 Å². The molecule has 0 radical (unpaired) electrons. The summed E-state index contributed by atoms with van der Waals surface area (Å²) in [7, 11) is 0. The minimum absolute atomic E-state index is 0.0962. The third kappa shape index (κ3) is 2.09. The first-order valence-electron chi connectivity index (χ1n) is 3.89. The summed E-state index contributed by atoms with van der Waals surface area (Å²) in [4.78, 5) is 0. The molecule has 0 unspecified atom stereocenters. The largest absolute Gasteiger partial charge is 0.408 e. The molecule has 0 fully saturated rings. The summed E-state index contributed by atoms with van der Waals surface area (Å²) in [6.07, 6.45) is 0. The van der Waals surface area contributed by atoms with Gasteiger partial charge in [-0.05, 0) is 18.2 Å². The van der Waals surface area contributed by atoms with Crippen molar-refractivity contribution >= 4 is 23.2 Å². The predicted molar refractivity (Wildman–Crippen MR) is 54.5 cm³/mol. The zero-order valence-electron chi connectivity index (χ0n) is 7.24. The van der Waals surface area contributed by atoms with Crippen LogP contribution in [0.3, 0.4) is 0 Å². The van der Waals surface area contributed by atoms with Crippen LogP contribution in [0.25, 0.3) is 11.5 Å². The molecule has 1 heterocycles. The fraction of sp³-hybridized carbons (Fsp3) is 0. The van der Waals surface area contributed by atoms with E-state index in [0.717, 1.165) is 0 Å². The van der Waals surface area contributed by atoms with Gasteiger partial charge in [-0.15, -0.1) is 5.10 Å². The number of rotatable bonds is 1. The minimum Gasteiger partial charge on any atom is -0.408 e. The van der Waals surface area contributed by atoms with Crippen LogP contribution in [0.1, 0.15) is 5.89 Å².